The van der Waals surface area contributed by atoms with Crippen molar-refractivity contribution in [2.24, 2.45) is 0 Å². The highest BCUT2D eigenvalue weighted by atomic mass is 32.2. The molecule has 7 heteroatoms. The molecule has 0 saturated heterocycles. The molecule has 1 aromatic heterocycles. The van der Waals surface area contributed by atoms with Crippen LogP contribution in [0, 0.1) is 0 Å². The van der Waals surface area contributed by atoms with Gasteiger partial charge in [-0.2, -0.15) is 0 Å². The van der Waals surface area contributed by atoms with E-state index in [-0.39, 0.29) is 16.4 Å². The predicted molar refractivity (Wildman–Crippen MR) is 77.7 cm³/mol. The summed E-state index contributed by atoms with van der Waals surface area (Å²) >= 11 is 1.16. The first-order valence-electron chi connectivity index (χ1n) is 6.26. The van der Waals surface area contributed by atoms with Gasteiger partial charge in [-0.15, -0.1) is 11.3 Å². The van der Waals surface area contributed by atoms with Crippen LogP contribution in [0.15, 0.2) is 4.90 Å². The monoisotopic (exact) mass is 302 g/mol. The smallest absolute Gasteiger partial charge is 0.180 e. The van der Waals surface area contributed by atoms with Crippen LogP contribution in [0.4, 0.5) is 10.7 Å². The maximum Gasteiger partial charge on any atom is 0.180 e. The summed E-state index contributed by atoms with van der Waals surface area (Å²) in [7, 11) is -3.44. The van der Waals surface area contributed by atoms with Crippen LogP contribution in [0.2, 0.25) is 0 Å². The summed E-state index contributed by atoms with van der Waals surface area (Å²) in [6.45, 7) is 1.74. The minimum absolute atomic E-state index is 0.0844. The minimum Gasteiger partial charge on any atom is -0.396 e. The lowest BCUT2D eigenvalue weighted by Gasteiger charge is -2.27. The third kappa shape index (κ3) is 2.76. The fourth-order valence-corrected chi connectivity index (χ4v) is 4.64. The first-order chi connectivity index (χ1) is 8.84. The van der Waals surface area contributed by atoms with Crippen LogP contribution in [-0.4, -0.2) is 26.5 Å². The van der Waals surface area contributed by atoms with Gasteiger partial charge in [0.2, 0.25) is 0 Å². The molecule has 0 atom stereocenters. The first-order valence-corrected chi connectivity index (χ1v) is 8.97. The summed E-state index contributed by atoms with van der Waals surface area (Å²) in [5.74, 6) is -0.117. The number of nitrogens with one attached hydrogen (secondary N) is 1. The van der Waals surface area contributed by atoms with Crippen LogP contribution in [-0.2, 0) is 9.84 Å². The molecule has 1 heterocycles. The quantitative estimate of drug-likeness (QED) is 0.815. The molecule has 1 aromatic rings. The van der Waals surface area contributed by atoms with Crippen LogP contribution in [0.1, 0.15) is 42.3 Å². The van der Waals surface area contributed by atoms with Crippen molar-refractivity contribution in [1.29, 1.82) is 0 Å². The minimum atomic E-state index is -3.44. The summed E-state index contributed by atoms with van der Waals surface area (Å²) in [5, 5.41) is 3.72. The van der Waals surface area contributed by atoms with E-state index < -0.39 is 9.84 Å². The number of anilines is 2. The molecular formula is C12H18N2O3S2. The number of carbonyl (C=O) groups is 1. The Morgan fingerprint density at radius 3 is 2.53 bits per heavy atom. The Kier molecular flexibility index (Phi) is 3.87. The van der Waals surface area contributed by atoms with Gasteiger partial charge < -0.3 is 11.1 Å². The number of carbonyl (C=O) groups excluding carboxylic acids is 1. The number of rotatable bonds is 5. The van der Waals surface area contributed by atoms with Crippen LogP contribution in [0.5, 0.6) is 0 Å². The zero-order valence-corrected chi connectivity index (χ0v) is 12.7. The fraction of sp³-hybridized carbons (Fsp3) is 0.583. The highest BCUT2D eigenvalue weighted by Crippen LogP contribution is 2.41. The van der Waals surface area contributed by atoms with Crippen LogP contribution in [0.25, 0.3) is 0 Å². The van der Waals surface area contributed by atoms with Gasteiger partial charge in [0.25, 0.3) is 0 Å². The maximum absolute atomic E-state index is 11.9. The molecule has 0 aliphatic heterocycles. The number of hydrogen-bond acceptors (Lipinski definition) is 6. The zero-order valence-electron chi connectivity index (χ0n) is 11.0. The third-order valence-electron chi connectivity index (χ3n) is 3.29. The third-order valence-corrected chi connectivity index (χ3v) is 5.76. The van der Waals surface area contributed by atoms with E-state index in [1.807, 2.05) is 0 Å². The molecule has 19 heavy (non-hydrogen) atoms. The van der Waals surface area contributed by atoms with E-state index in [9.17, 15) is 13.2 Å². The summed E-state index contributed by atoms with van der Waals surface area (Å²) < 4.78 is 23.7. The van der Waals surface area contributed by atoms with Crippen molar-refractivity contribution in [3.63, 3.8) is 0 Å². The van der Waals surface area contributed by atoms with Crippen molar-refractivity contribution in [3.8, 4) is 0 Å². The van der Waals surface area contributed by atoms with E-state index >= 15 is 0 Å². The normalized spacial score (nSPS) is 16.1. The summed E-state index contributed by atoms with van der Waals surface area (Å²) in [5.41, 5.74) is 5.97. The van der Waals surface area contributed by atoms with Crippen LogP contribution in [0.3, 0.4) is 0 Å². The predicted octanol–water partition coefficient (Wildman–Crippen LogP) is 2.29. The standard InChI is InChI=1S/C12H18N2O3S2/c1-3-8(15)10-9(13)11(19(2,16)17)12(18-10)14-7-5-4-6-7/h7,14H,3-6,13H2,1-2H3. The second kappa shape index (κ2) is 5.13. The number of nitrogens with two attached hydrogens (primary N) is 1. The van der Waals surface area contributed by atoms with Gasteiger partial charge in [-0.3, -0.25) is 4.79 Å². The largest absolute Gasteiger partial charge is 0.396 e. The Morgan fingerprint density at radius 1 is 1.47 bits per heavy atom. The lowest BCUT2D eigenvalue weighted by atomic mass is 9.93. The van der Waals surface area contributed by atoms with Gasteiger partial charge in [0.15, 0.2) is 15.6 Å². The van der Waals surface area contributed by atoms with E-state index in [4.69, 9.17) is 5.73 Å². The molecule has 106 valence electrons. The van der Waals surface area contributed by atoms with Crippen LogP contribution < -0.4 is 11.1 Å². The van der Waals surface area contributed by atoms with Gasteiger partial charge in [0.1, 0.15) is 9.90 Å². The Hall–Kier alpha value is -1.08. The number of hydrogen-bond donors (Lipinski definition) is 2. The number of nitrogen functional groups attached to an aromatic ring is 1. The van der Waals surface area contributed by atoms with Crippen molar-refractivity contribution in [1.82, 2.24) is 0 Å². The first kappa shape index (κ1) is 14.3. The van der Waals surface area contributed by atoms with Crippen molar-refractivity contribution >= 4 is 37.6 Å². The number of ketones is 1. The zero-order chi connectivity index (χ0) is 14.2. The Bertz CT molecular complexity index is 601. The molecular weight excluding hydrogens is 284 g/mol. The molecule has 0 unspecified atom stereocenters. The van der Waals surface area contributed by atoms with E-state index in [0.29, 0.717) is 22.3 Å². The van der Waals surface area contributed by atoms with E-state index in [2.05, 4.69) is 5.32 Å². The highest BCUT2D eigenvalue weighted by molar-refractivity contribution is 7.91. The van der Waals surface area contributed by atoms with Gasteiger partial charge in [-0.1, -0.05) is 6.92 Å². The van der Waals surface area contributed by atoms with E-state index in [1.165, 1.54) is 0 Å². The Labute approximate surface area is 117 Å². The molecule has 5 nitrogen and oxygen atoms in total. The van der Waals surface area contributed by atoms with E-state index in [1.54, 1.807) is 6.92 Å². The van der Waals surface area contributed by atoms with Crippen molar-refractivity contribution in [2.45, 2.75) is 43.5 Å². The summed E-state index contributed by atoms with van der Waals surface area (Å²) in [6, 6.07) is 0.295. The lowest BCUT2D eigenvalue weighted by Crippen LogP contribution is -2.27. The lowest BCUT2D eigenvalue weighted by molar-refractivity contribution is 0.0992. The Morgan fingerprint density at radius 2 is 2.11 bits per heavy atom. The van der Waals surface area contributed by atoms with Gasteiger partial charge in [-0.25, -0.2) is 8.42 Å². The molecule has 2 rings (SSSR count). The van der Waals surface area contributed by atoms with E-state index in [0.717, 1.165) is 36.9 Å². The molecule has 3 N–H and O–H groups in total. The average molecular weight is 302 g/mol. The SMILES string of the molecule is CCC(=O)c1sc(NC2CCC2)c(S(C)(=O)=O)c1N. The second-order valence-electron chi connectivity index (χ2n) is 4.82. The molecule has 0 amide bonds. The fourth-order valence-electron chi connectivity index (χ4n) is 2.00. The molecule has 0 spiro atoms. The van der Waals surface area contributed by atoms with Crippen molar-refractivity contribution < 1.29 is 13.2 Å². The number of Topliss-reactive ketones (excluding diaryl/α,β-unsaturated/α-hetero) is 1. The van der Waals surface area contributed by atoms with Crippen molar-refractivity contribution in [2.75, 3.05) is 17.3 Å². The molecule has 0 radical (unpaired) electrons. The number of thiophene rings is 1. The number of sulfone groups is 1. The molecule has 1 saturated carbocycles. The summed E-state index contributed by atoms with van der Waals surface area (Å²) in [6.07, 6.45) is 4.64. The van der Waals surface area contributed by atoms with Gasteiger partial charge in [-0.05, 0) is 19.3 Å². The molecule has 1 aliphatic carbocycles. The maximum atomic E-state index is 11.9. The average Bonchev–Trinajstić information content (AvgIpc) is 2.59. The molecule has 1 aliphatic rings. The van der Waals surface area contributed by atoms with Gasteiger partial charge >= 0.3 is 0 Å². The summed E-state index contributed by atoms with van der Waals surface area (Å²) in [4.78, 5) is 12.2. The topological polar surface area (TPSA) is 89.3 Å². The molecule has 0 bridgehead atoms. The molecule has 1 fully saturated rings. The van der Waals surface area contributed by atoms with Gasteiger partial charge in [0.05, 0.1) is 10.6 Å². The van der Waals surface area contributed by atoms with Gasteiger partial charge in [0, 0.05) is 18.7 Å². The molecule has 0 aromatic carbocycles. The Balaban J connectivity index is 2.47. The van der Waals surface area contributed by atoms with Crippen molar-refractivity contribution in [3.05, 3.63) is 4.88 Å². The second-order valence-corrected chi connectivity index (χ2v) is 7.80. The van der Waals surface area contributed by atoms with Crippen LogP contribution >= 0.6 is 11.3 Å². The highest BCUT2D eigenvalue weighted by Gasteiger charge is 2.28.